The molecule has 0 bridgehead atoms. The Balaban J connectivity index is 1.90. The number of hydrogen-bond acceptors (Lipinski definition) is 5. The van der Waals surface area contributed by atoms with Gasteiger partial charge in [-0.2, -0.15) is 4.98 Å². The Morgan fingerprint density at radius 2 is 2.14 bits per heavy atom. The van der Waals surface area contributed by atoms with Crippen LogP contribution in [0.3, 0.4) is 0 Å². The fourth-order valence-electron chi connectivity index (χ4n) is 2.07. The van der Waals surface area contributed by atoms with Crippen LogP contribution in [0.5, 0.6) is 0 Å². The molecule has 0 atom stereocenters. The van der Waals surface area contributed by atoms with E-state index in [2.05, 4.69) is 10.1 Å². The van der Waals surface area contributed by atoms with Crippen molar-refractivity contribution < 1.29 is 14.1 Å². The lowest BCUT2D eigenvalue weighted by molar-refractivity contribution is -0.146. The molecular weight excluding hydrogens is 315 g/mol. The number of hydrogen-bond donors (Lipinski definition) is 0. The number of halogens is 2. The van der Waals surface area contributed by atoms with Gasteiger partial charge in [0.1, 0.15) is 5.41 Å². The molecule has 0 radical (unpaired) electrons. The Hall–Kier alpha value is -1.59. The van der Waals surface area contributed by atoms with E-state index in [0.717, 1.165) is 0 Å². The van der Waals surface area contributed by atoms with Crippen LogP contribution >= 0.6 is 23.2 Å². The van der Waals surface area contributed by atoms with Gasteiger partial charge in [-0.05, 0) is 38.0 Å². The van der Waals surface area contributed by atoms with E-state index in [1.165, 1.54) is 0 Å². The van der Waals surface area contributed by atoms with E-state index in [0.29, 0.717) is 46.8 Å². The van der Waals surface area contributed by atoms with Gasteiger partial charge in [-0.25, -0.2) is 0 Å². The molecule has 1 fully saturated rings. The Kier molecular flexibility index (Phi) is 3.63. The van der Waals surface area contributed by atoms with Crippen LogP contribution in [-0.2, 0) is 14.9 Å². The van der Waals surface area contributed by atoms with E-state index in [-0.39, 0.29) is 5.97 Å². The topological polar surface area (TPSA) is 65.2 Å². The van der Waals surface area contributed by atoms with Crippen LogP contribution < -0.4 is 0 Å². The fraction of sp³-hybridized carbons (Fsp3) is 0.357. The van der Waals surface area contributed by atoms with Gasteiger partial charge >= 0.3 is 5.97 Å². The molecule has 1 aliphatic rings. The summed E-state index contributed by atoms with van der Waals surface area (Å²) in [5.74, 6) is 0.357. The molecule has 0 aliphatic heterocycles. The second-order valence-corrected chi connectivity index (χ2v) is 5.67. The molecule has 7 heteroatoms. The van der Waals surface area contributed by atoms with E-state index in [4.69, 9.17) is 32.5 Å². The molecule has 0 N–H and O–H groups in total. The zero-order valence-corrected chi connectivity index (χ0v) is 12.7. The first-order chi connectivity index (χ1) is 10.1. The fourth-order valence-corrected chi connectivity index (χ4v) is 2.37. The molecule has 0 amide bonds. The van der Waals surface area contributed by atoms with Crippen molar-refractivity contribution in [3.63, 3.8) is 0 Å². The number of aromatic nitrogens is 2. The summed E-state index contributed by atoms with van der Waals surface area (Å²) in [5, 5.41) is 4.77. The van der Waals surface area contributed by atoms with E-state index in [9.17, 15) is 4.79 Å². The van der Waals surface area contributed by atoms with Gasteiger partial charge < -0.3 is 9.26 Å². The first kappa shape index (κ1) is 14.4. The summed E-state index contributed by atoms with van der Waals surface area (Å²) >= 11 is 11.8. The summed E-state index contributed by atoms with van der Waals surface area (Å²) in [7, 11) is 0. The van der Waals surface area contributed by atoms with Crippen LogP contribution in [0.1, 0.15) is 25.7 Å². The van der Waals surface area contributed by atoms with E-state index >= 15 is 0 Å². The summed E-state index contributed by atoms with van der Waals surface area (Å²) in [4.78, 5) is 16.3. The SMILES string of the molecule is CCOC(=O)C1(c2nc(-c3ccc(Cl)c(Cl)c3)no2)CC1. The predicted octanol–water partition coefficient (Wildman–Crippen LogP) is 3.64. The second-order valence-electron chi connectivity index (χ2n) is 4.85. The molecule has 1 aromatic heterocycles. The van der Waals surface area contributed by atoms with Crippen LogP contribution in [0, 0.1) is 0 Å². The molecule has 1 saturated carbocycles. The molecule has 1 aromatic carbocycles. The normalized spacial score (nSPS) is 15.8. The average molecular weight is 327 g/mol. The molecule has 0 spiro atoms. The Morgan fingerprint density at radius 1 is 1.38 bits per heavy atom. The largest absolute Gasteiger partial charge is 0.465 e. The number of carbonyl (C=O) groups excluding carboxylic acids is 1. The second kappa shape index (κ2) is 5.31. The van der Waals surface area contributed by atoms with Gasteiger partial charge in [0.05, 0.1) is 16.7 Å². The molecular formula is C14H12Cl2N2O3. The van der Waals surface area contributed by atoms with Gasteiger partial charge in [-0.1, -0.05) is 28.4 Å². The third-order valence-corrected chi connectivity index (χ3v) is 4.17. The zero-order chi connectivity index (χ0) is 15.0. The first-order valence-corrected chi connectivity index (χ1v) is 7.29. The van der Waals surface area contributed by atoms with Crippen molar-refractivity contribution in [1.82, 2.24) is 10.1 Å². The predicted molar refractivity (Wildman–Crippen MR) is 77.3 cm³/mol. The van der Waals surface area contributed by atoms with Crippen molar-refractivity contribution >= 4 is 29.2 Å². The third-order valence-electron chi connectivity index (χ3n) is 3.43. The number of benzene rings is 1. The third kappa shape index (κ3) is 2.51. The quantitative estimate of drug-likeness (QED) is 0.802. The van der Waals surface area contributed by atoms with Crippen LogP contribution in [-0.4, -0.2) is 22.7 Å². The molecule has 2 aromatic rings. The molecule has 21 heavy (non-hydrogen) atoms. The molecule has 110 valence electrons. The Labute approximate surface area is 131 Å². The van der Waals surface area contributed by atoms with Gasteiger partial charge in [0.25, 0.3) is 0 Å². The Morgan fingerprint density at radius 3 is 2.76 bits per heavy atom. The molecule has 3 rings (SSSR count). The summed E-state index contributed by atoms with van der Waals surface area (Å²) in [6.45, 7) is 2.09. The maximum Gasteiger partial charge on any atom is 0.321 e. The monoisotopic (exact) mass is 326 g/mol. The van der Waals surface area contributed by atoms with Crippen molar-refractivity contribution in [3.05, 3.63) is 34.1 Å². The highest BCUT2D eigenvalue weighted by Gasteiger charge is 2.57. The van der Waals surface area contributed by atoms with Crippen LogP contribution in [0.4, 0.5) is 0 Å². The van der Waals surface area contributed by atoms with Gasteiger partial charge in [0.15, 0.2) is 0 Å². The summed E-state index contributed by atoms with van der Waals surface area (Å²) in [6.07, 6.45) is 1.32. The lowest BCUT2D eigenvalue weighted by Gasteiger charge is -2.08. The number of carbonyl (C=O) groups is 1. The molecule has 5 nitrogen and oxygen atoms in total. The molecule has 0 unspecified atom stereocenters. The maximum atomic E-state index is 12.0. The van der Waals surface area contributed by atoms with Gasteiger partial charge in [-0.15, -0.1) is 0 Å². The minimum absolute atomic E-state index is 0.294. The highest BCUT2D eigenvalue weighted by molar-refractivity contribution is 6.42. The molecule has 1 heterocycles. The van der Waals surface area contributed by atoms with Crippen molar-refractivity contribution in [2.75, 3.05) is 6.61 Å². The number of esters is 1. The van der Waals surface area contributed by atoms with Crippen LogP contribution in [0.2, 0.25) is 10.0 Å². The van der Waals surface area contributed by atoms with Gasteiger partial charge in [-0.3, -0.25) is 4.79 Å². The number of rotatable bonds is 4. The molecule has 0 saturated heterocycles. The Bertz CT molecular complexity index is 695. The van der Waals surface area contributed by atoms with Crippen LogP contribution in [0.25, 0.3) is 11.4 Å². The van der Waals surface area contributed by atoms with Crippen molar-refractivity contribution in [2.45, 2.75) is 25.2 Å². The van der Waals surface area contributed by atoms with E-state index in [1.54, 1.807) is 25.1 Å². The number of ether oxygens (including phenoxy) is 1. The summed E-state index contributed by atoms with van der Waals surface area (Å²) in [5.41, 5.74) is -0.0867. The van der Waals surface area contributed by atoms with E-state index < -0.39 is 5.41 Å². The first-order valence-electron chi connectivity index (χ1n) is 6.53. The molecule has 1 aliphatic carbocycles. The lowest BCUT2D eigenvalue weighted by Crippen LogP contribution is -2.23. The summed E-state index contributed by atoms with van der Waals surface area (Å²) < 4.78 is 10.3. The highest BCUT2D eigenvalue weighted by atomic mass is 35.5. The summed E-state index contributed by atoms with van der Waals surface area (Å²) in [6, 6.07) is 5.06. The zero-order valence-electron chi connectivity index (χ0n) is 11.2. The van der Waals surface area contributed by atoms with Gasteiger partial charge in [0.2, 0.25) is 11.7 Å². The minimum Gasteiger partial charge on any atom is -0.465 e. The lowest BCUT2D eigenvalue weighted by atomic mass is 10.1. The standard InChI is InChI=1S/C14H12Cl2N2O3/c1-2-20-13(19)14(5-6-14)12-17-11(18-21-12)8-3-4-9(15)10(16)7-8/h3-4,7H,2,5-6H2,1H3. The van der Waals surface area contributed by atoms with Gasteiger partial charge in [0, 0.05) is 5.56 Å². The number of nitrogens with zero attached hydrogens (tertiary/aromatic N) is 2. The van der Waals surface area contributed by atoms with E-state index in [1.807, 2.05) is 0 Å². The average Bonchev–Trinajstić information content (AvgIpc) is 3.13. The highest BCUT2D eigenvalue weighted by Crippen LogP contribution is 2.48. The minimum atomic E-state index is -0.766. The van der Waals surface area contributed by atoms with Crippen LogP contribution in [0.15, 0.2) is 22.7 Å². The smallest absolute Gasteiger partial charge is 0.321 e. The van der Waals surface area contributed by atoms with Crippen molar-refractivity contribution in [3.8, 4) is 11.4 Å². The maximum absolute atomic E-state index is 12.0. The van der Waals surface area contributed by atoms with Crippen molar-refractivity contribution in [1.29, 1.82) is 0 Å². The van der Waals surface area contributed by atoms with Crippen molar-refractivity contribution in [2.24, 2.45) is 0 Å².